The molecule has 0 radical (unpaired) electrons. The molecule has 0 aromatic carbocycles. The lowest BCUT2D eigenvalue weighted by molar-refractivity contribution is 0.291. The first-order valence-corrected chi connectivity index (χ1v) is 29.0. The van der Waals surface area contributed by atoms with Crippen molar-refractivity contribution in [1.29, 1.82) is 0 Å². The molecule has 0 unspecified atom stereocenters. The highest BCUT2D eigenvalue weighted by Crippen LogP contribution is 2.06. The predicted molar refractivity (Wildman–Crippen MR) is 147 cm³/mol. The SMILES string of the molecule is CCCCCCN1C=CN(C)C1.[Cl][AlH][Cl].[Cl][AlH][Cl].[Cl][AlH][Cl].[Cl][AlH][Cl].[Cl][AlH][Cl]. The second-order valence-corrected chi connectivity index (χ2v) is 17.2. The molecular weight excluding hydrogens is 638 g/mol. The summed E-state index contributed by atoms with van der Waals surface area (Å²) in [5, 5.41) is 0. The van der Waals surface area contributed by atoms with Crippen LogP contribution >= 0.6 is 100 Å². The van der Waals surface area contributed by atoms with Crippen molar-refractivity contribution < 1.29 is 0 Å². The highest BCUT2D eigenvalue weighted by molar-refractivity contribution is 7.23. The number of hydrogen-bond acceptors (Lipinski definition) is 2. The third-order valence-corrected chi connectivity index (χ3v) is 2.24. The number of halogens is 10. The average molecular weight is 663 g/mol. The van der Waals surface area contributed by atoms with Crippen LogP contribution in [0.25, 0.3) is 0 Å². The molecule has 0 amide bonds. The van der Waals surface area contributed by atoms with Crippen LogP contribution < -0.4 is 0 Å². The van der Waals surface area contributed by atoms with Crippen molar-refractivity contribution in [3.05, 3.63) is 12.4 Å². The predicted octanol–water partition coefficient (Wildman–Crippen LogP) is 5.90. The summed E-state index contributed by atoms with van der Waals surface area (Å²) in [6.45, 7) is 4.55. The molecule has 0 aromatic rings. The van der Waals surface area contributed by atoms with E-state index in [1.807, 2.05) is 0 Å². The van der Waals surface area contributed by atoms with Crippen LogP contribution in [0.15, 0.2) is 12.4 Å². The Balaban J connectivity index is -0.0000000892. The topological polar surface area (TPSA) is 6.48 Å². The van der Waals surface area contributed by atoms with Crippen LogP contribution in [-0.4, -0.2) is 96.9 Å². The van der Waals surface area contributed by atoms with E-state index >= 15 is 0 Å². The summed E-state index contributed by atoms with van der Waals surface area (Å²) in [6.07, 6.45) is 9.76. The lowest BCUT2D eigenvalue weighted by atomic mass is 10.2. The first-order chi connectivity index (χ1) is 12.9. The number of nitrogens with zero attached hydrogens (tertiary/aromatic N) is 2. The van der Waals surface area contributed by atoms with Gasteiger partial charge in [-0.05, 0) is 6.42 Å². The number of unbranched alkanes of at least 4 members (excludes halogenated alkanes) is 3. The third-order valence-electron chi connectivity index (χ3n) is 2.24. The average Bonchev–Trinajstić information content (AvgIpc) is 3.01. The van der Waals surface area contributed by atoms with Gasteiger partial charge in [0, 0.05) is 26.0 Å². The van der Waals surface area contributed by atoms with Crippen molar-refractivity contribution in [2.45, 2.75) is 32.6 Å². The second kappa shape index (κ2) is 48.4. The first-order valence-electron chi connectivity index (χ1n) is 7.63. The van der Waals surface area contributed by atoms with Crippen molar-refractivity contribution in [3.63, 3.8) is 0 Å². The van der Waals surface area contributed by atoms with E-state index in [2.05, 4.69) is 36.2 Å². The highest BCUT2D eigenvalue weighted by atomic mass is 35.7. The summed E-state index contributed by atoms with van der Waals surface area (Å²) in [4.78, 5) is 4.58. The molecule has 1 heterocycles. The van der Waals surface area contributed by atoms with Crippen molar-refractivity contribution >= 4 is 167 Å². The molecule has 160 valence electrons. The van der Waals surface area contributed by atoms with Gasteiger partial charge in [-0.2, -0.15) is 0 Å². The van der Waals surface area contributed by atoms with Crippen LogP contribution in [0, 0.1) is 0 Å². The van der Waals surface area contributed by atoms with Crippen LogP contribution in [0.5, 0.6) is 0 Å². The summed E-state index contributed by atoms with van der Waals surface area (Å²) in [5.41, 5.74) is 0. The Morgan fingerprint density at radius 1 is 0.667 bits per heavy atom. The maximum Gasteiger partial charge on any atom is 0.499 e. The van der Waals surface area contributed by atoms with Crippen LogP contribution in [0.3, 0.4) is 0 Å². The zero-order chi connectivity index (χ0) is 22.3. The van der Waals surface area contributed by atoms with Gasteiger partial charge < -0.3 is 9.80 Å². The van der Waals surface area contributed by atoms with E-state index in [1.54, 1.807) is 0 Å². The van der Waals surface area contributed by atoms with Gasteiger partial charge in [0.05, 0.1) is 6.67 Å². The minimum atomic E-state index is -0.639. The molecule has 17 heteroatoms. The summed E-state index contributed by atoms with van der Waals surface area (Å²) < 4.78 is 0. The molecule has 1 aliphatic rings. The van der Waals surface area contributed by atoms with Crippen molar-refractivity contribution in [1.82, 2.24) is 9.80 Å². The molecule has 0 aliphatic carbocycles. The maximum atomic E-state index is 4.90. The summed E-state index contributed by atoms with van der Waals surface area (Å²) >= 11 is -3.19. The Hall–Kier alpha value is 4.90. The molecule has 2 nitrogen and oxygen atoms in total. The lowest BCUT2D eigenvalue weighted by Crippen LogP contribution is -2.23. The molecule has 1 aliphatic heterocycles. The Bertz CT molecular complexity index is 229. The zero-order valence-corrected chi connectivity index (χ0v) is 30.2. The van der Waals surface area contributed by atoms with Gasteiger partial charge in [-0.3, -0.25) is 0 Å². The number of rotatable bonds is 5. The van der Waals surface area contributed by atoms with Gasteiger partial charge in [-0.15, -0.1) is 0 Å². The summed E-state index contributed by atoms with van der Waals surface area (Å²) in [7, 11) is 51.1. The standard InChI is InChI=1S/C10H20N2.5Al.10ClH.5H/c1-3-4-5-6-7-12-9-8-11(2)10-12;;;;;;;;;;;;;;;;;;;;/h8-9H,3-7,10H2,1-2H3;;;;;;10*1H;;;;;/q;5*+2;;;;;;;;;;;;;;;/p-10. The van der Waals surface area contributed by atoms with Gasteiger partial charge in [0.15, 0.2) is 0 Å². The van der Waals surface area contributed by atoms with E-state index in [1.165, 1.54) is 32.2 Å². The largest absolute Gasteiger partial charge is 0.499 e. The molecule has 0 aromatic heterocycles. The maximum absolute atomic E-state index is 4.90. The fourth-order valence-electron chi connectivity index (χ4n) is 1.48. The van der Waals surface area contributed by atoms with Crippen LogP contribution in [0.1, 0.15) is 32.6 Å². The van der Waals surface area contributed by atoms with E-state index in [9.17, 15) is 0 Å². The zero-order valence-electron chi connectivity index (χ0n) is 15.6. The van der Waals surface area contributed by atoms with E-state index in [4.69, 9.17) is 100 Å². The quantitative estimate of drug-likeness (QED) is 0.268. The van der Waals surface area contributed by atoms with E-state index in [0.717, 1.165) is 6.67 Å². The van der Waals surface area contributed by atoms with Gasteiger partial charge >= 0.3 is 66.9 Å². The fraction of sp³-hybridized carbons (Fsp3) is 0.800. The summed E-state index contributed by atoms with van der Waals surface area (Å²) in [6, 6.07) is 0. The molecule has 27 heavy (non-hydrogen) atoms. The first kappa shape index (κ1) is 42.1. The molecule has 0 fully saturated rings. The van der Waals surface area contributed by atoms with Gasteiger partial charge in [-0.1, -0.05) is 26.2 Å². The Kier molecular flexibility index (Phi) is 75.4. The van der Waals surface area contributed by atoms with Crippen molar-refractivity contribution in [2.24, 2.45) is 0 Å². The van der Waals surface area contributed by atoms with Crippen molar-refractivity contribution in [3.8, 4) is 0 Å². The van der Waals surface area contributed by atoms with Crippen LogP contribution in [0.2, 0.25) is 0 Å². The number of hydrogen-bond donors (Lipinski definition) is 0. The van der Waals surface area contributed by atoms with E-state index in [-0.39, 0.29) is 0 Å². The second-order valence-electron chi connectivity index (χ2n) is 4.07. The molecule has 0 bridgehead atoms. The molecule has 0 saturated carbocycles. The molecule has 0 spiro atoms. The molecule has 1 rings (SSSR count). The van der Waals surface area contributed by atoms with Crippen LogP contribution in [0.4, 0.5) is 0 Å². The van der Waals surface area contributed by atoms with Gasteiger partial charge in [-0.25, -0.2) is 100 Å². The molecule has 0 N–H and O–H groups in total. The highest BCUT2D eigenvalue weighted by Gasteiger charge is 2.06. The van der Waals surface area contributed by atoms with E-state index in [0.29, 0.717) is 0 Å². The fourth-order valence-corrected chi connectivity index (χ4v) is 1.48. The Morgan fingerprint density at radius 3 is 1.30 bits per heavy atom. The summed E-state index contributed by atoms with van der Waals surface area (Å²) in [5.74, 6) is 0. The normalized spacial score (nSPS) is 9.78. The minimum absolute atomic E-state index is 0.639. The minimum Gasteiger partial charge on any atom is -0.362 e. The monoisotopic (exact) mass is 658 g/mol. The molecule has 0 atom stereocenters. The van der Waals surface area contributed by atoms with Crippen molar-refractivity contribution in [2.75, 3.05) is 20.3 Å². The van der Waals surface area contributed by atoms with E-state index < -0.39 is 66.9 Å². The van der Waals surface area contributed by atoms with Gasteiger partial charge in [0.1, 0.15) is 0 Å². The Morgan fingerprint density at radius 2 is 1.04 bits per heavy atom. The molecule has 0 saturated heterocycles. The van der Waals surface area contributed by atoms with Crippen LogP contribution in [-0.2, 0) is 0 Å². The molecular formula is C10H25Al5Cl10N2. The third kappa shape index (κ3) is 65.2. The Labute approximate surface area is 238 Å². The lowest BCUT2D eigenvalue weighted by Gasteiger charge is -2.17. The van der Waals surface area contributed by atoms with Gasteiger partial charge in [0.25, 0.3) is 0 Å². The van der Waals surface area contributed by atoms with Gasteiger partial charge in [0.2, 0.25) is 0 Å². The smallest absolute Gasteiger partial charge is 0.362 e.